The fourth-order valence-electron chi connectivity index (χ4n) is 2.33. The molecule has 2 nitrogen and oxygen atoms in total. The van der Waals surface area contributed by atoms with Crippen molar-refractivity contribution < 1.29 is 9.90 Å². The molecule has 0 amide bonds. The lowest BCUT2D eigenvalue weighted by Gasteiger charge is -2.06. The van der Waals surface area contributed by atoms with E-state index in [0.717, 1.165) is 16.7 Å². The number of ketones is 1. The molecule has 3 rings (SSSR count). The largest absolute Gasteiger partial charge is 0.508 e. The van der Waals surface area contributed by atoms with Gasteiger partial charge >= 0.3 is 0 Å². The highest BCUT2D eigenvalue weighted by molar-refractivity contribution is 6.24. The third-order valence-corrected chi connectivity index (χ3v) is 3.32. The third kappa shape index (κ3) is 1.38. The van der Waals surface area contributed by atoms with Crippen molar-refractivity contribution in [3.63, 3.8) is 0 Å². The highest BCUT2D eigenvalue weighted by atomic mass is 35.5. The maximum Gasteiger partial charge on any atom is 0.194 e. The van der Waals surface area contributed by atoms with Crippen molar-refractivity contribution in [1.82, 2.24) is 0 Å². The molecule has 0 unspecified atom stereocenters. The van der Waals surface area contributed by atoms with Gasteiger partial charge in [0.15, 0.2) is 5.78 Å². The summed E-state index contributed by atoms with van der Waals surface area (Å²) in [5.41, 5.74) is 3.78. The quantitative estimate of drug-likeness (QED) is 0.667. The summed E-state index contributed by atoms with van der Waals surface area (Å²) in [6.45, 7) is 0. The Morgan fingerprint density at radius 1 is 1.06 bits per heavy atom. The van der Waals surface area contributed by atoms with E-state index >= 15 is 0 Å². The summed E-state index contributed by atoms with van der Waals surface area (Å²) in [4.78, 5) is 12.2. The summed E-state index contributed by atoms with van der Waals surface area (Å²) in [6, 6.07) is 10.6. The Morgan fingerprint density at radius 2 is 1.76 bits per heavy atom. The number of phenolic OH excluding ortho intramolecular Hbond substituents is 1. The van der Waals surface area contributed by atoms with Crippen LogP contribution in [0.1, 0.15) is 21.5 Å². The van der Waals surface area contributed by atoms with E-state index in [1.807, 2.05) is 18.2 Å². The smallest absolute Gasteiger partial charge is 0.194 e. The second-order valence-electron chi connectivity index (χ2n) is 4.04. The zero-order chi connectivity index (χ0) is 12.0. The van der Waals surface area contributed by atoms with Crippen LogP contribution in [-0.2, 0) is 5.88 Å². The molecule has 0 atom stereocenters. The van der Waals surface area contributed by atoms with Crippen LogP contribution in [0.2, 0.25) is 0 Å². The topological polar surface area (TPSA) is 37.3 Å². The van der Waals surface area contributed by atoms with Gasteiger partial charge in [0.1, 0.15) is 5.75 Å². The molecule has 0 aliphatic heterocycles. The van der Waals surface area contributed by atoms with Crippen molar-refractivity contribution in [2.45, 2.75) is 5.88 Å². The minimum Gasteiger partial charge on any atom is -0.508 e. The van der Waals surface area contributed by atoms with Crippen LogP contribution in [0.3, 0.4) is 0 Å². The van der Waals surface area contributed by atoms with Gasteiger partial charge in [-0.2, -0.15) is 0 Å². The van der Waals surface area contributed by atoms with Crippen LogP contribution in [0, 0.1) is 0 Å². The minimum atomic E-state index is -0.0436. The van der Waals surface area contributed by atoms with E-state index < -0.39 is 0 Å². The van der Waals surface area contributed by atoms with Crippen LogP contribution >= 0.6 is 11.6 Å². The van der Waals surface area contributed by atoms with Crippen molar-refractivity contribution in [2.75, 3.05) is 0 Å². The fourth-order valence-corrected chi connectivity index (χ4v) is 2.54. The predicted molar refractivity (Wildman–Crippen MR) is 66.5 cm³/mol. The van der Waals surface area contributed by atoms with Gasteiger partial charge in [0.05, 0.1) is 0 Å². The molecule has 0 radical (unpaired) electrons. The number of carbonyl (C=O) groups is 1. The average molecular weight is 245 g/mol. The lowest BCUT2D eigenvalue weighted by atomic mass is 10.00. The Hall–Kier alpha value is -1.80. The van der Waals surface area contributed by atoms with Crippen molar-refractivity contribution in [2.24, 2.45) is 0 Å². The van der Waals surface area contributed by atoms with E-state index in [2.05, 4.69) is 0 Å². The number of benzene rings is 2. The molecule has 1 aliphatic rings. The Labute approximate surface area is 103 Å². The molecule has 0 saturated heterocycles. The second kappa shape index (κ2) is 3.60. The molecule has 3 heteroatoms. The van der Waals surface area contributed by atoms with E-state index in [9.17, 15) is 9.90 Å². The molecule has 0 saturated carbocycles. The molecule has 2 aromatic rings. The highest BCUT2D eigenvalue weighted by Gasteiger charge is 2.28. The van der Waals surface area contributed by atoms with Gasteiger partial charge in [0.25, 0.3) is 0 Å². The summed E-state index contributed by atoms with van der Waals surface area (Å²) >= 11 is 5.87. The van der Waals surface area contributed by atoms with Gasteiger partial charge in [-0.05, 0) is 28.8 Å². The monoisotopic (exact) mass is 244 g/mol. The molecule has 1 aliphatic carbocycles. The molecule has 84 valence electrons. The first-order chi connectivity index (χ1) is 8.22. The number of carbonyl (C=O) groups excluding carboxylic acids is 1. The van der Waals surface area contributed by atoms with Crippen molar-refractivity contribution in [3.8, 4) is 16.9 Å². The minimum absolute atomic E-state index is 0.0436. The van der Waals surface area contributed by atoms with Crippen LogP contribution in [0.4, 0.5) is 0 Å². The van der Waals surface area contributed by atoms with E-state index in [4.69, 9.17) is 11.6 Å². The lowest BCUT2D eigenvalue weighted by Crippen LogP contribution is -1.95. The van der Waals surface area contributed by atoms with E-state index in [-0.39, 0.29) is 17.4 Å². The van der Waals surface area contributed by atoms with E-state index in [1.165, 1.54) is 6.07 Å². The zero-order valence-corrected chi connectivity index (χ0v) is 9.66. The van der Waals surface area contributed by atoms with E-state index in [0.29, 0.717) is 11.1 Å². The number of aromatic hydroxyl groups is 1. The fraction of sp³-hybridized carbons (Fsp3) is 0.0714. The van der Waals surface area contributed by atoms with Gasteiger partial charge in [-0.3, -0.25) is 4.79 Å². The Kier molecular flexibility index (Phi) is 2.20. The Morgan fingerprint density at radius 3 is 2.47 bits per heavy atom. The number of halogens is 1. The number of rotatable bonds is 1. The first-order valence-corrected chi connectivity index (χ1v) is 5.82. The predicted octanol–water partition coefficient (Wildman–Crippen LogP) is 3.34. The molecule has 0 spiro atoms. The lowest BCUT2D eigenvalue weighted by molar-refractivity contribution is 0.104. The Balaban J connectivity index is 2.40. The second-order valence-corrected chi connectivity index (χ2v) is 4.30. The van der Waals surface area contributed by atoms with Crippen LogP contribution in [-0.4, -0.2) is 10.9 Å². The molecule has 17 heavy (non-hydrogen) atoms. The summed E-state index contributed by atoms with van der Waals surface area (Å²) in [5, 5.41) is 9.59. The summed E-state index contributed by atoms with van der Waals surface area (Å²) < 4.78 is 0. The van der Waals surface area contributed by atoms with Gasteiger partial charge in [-0.15, -0.1) is 11.6 Å². The first kappa shape index (κ1) is 10.4. The van der Waals surface area contributed by atoms with Crippen LogP contribution < -0.4 is 0 Å². The van der Waals surface area contributed by atoms with Crippen molar-refractivity contribution in [3.05, 3.63) is 53.1 Å². The summed E-state index contributed by atoms with van der Waals surface area (Å²) in [6.07, 6.45) is 0. The van der Waals surface area contributed by atoms with Crippen molar-refractivity contribution in [1.29, 1.82) is 0 Å². The molecule has 0 fully saturated rings. The first-order valence-electron chi connectivity index (χ1n) is 5.28. The maximum absolute atomic E-state index is 12.2. The maximum atomic E-state index is 12.2. The molecular formula is C14H9ClO2. The van der Waals surface area contributed by atoms with Crippen LogP contribution in [0.5, 0.6) is 5.75 Å². The van der Waals surface area contributed by atoms with Gasteiger partial charge in [-0.25, -0.2) is 0 Å². The van der Waals surface area contributed by atoms with Gasteiger partial charge in [-0.1, -0.05) is 24.3 Å². The summed E-state index contributed by atoms with van der Waals surface area (Å²) in [7, 11) is 0. The number of hydrogen-bond acceptors (Lipinski definition) is 2. The number of phenols is 1. The van der Waals surface area contributed by atoms with Crippen molar-refractivity contribution >= 4 is 17.4 Å². The molecule has 0 bridgehead atoms. The molecule has 1 N–H and O–H groups in total. The molecule has 2 aromatic carbocycles. The molecular weight excluding hydrogens is 236 g/mol. The van der Waals surface area contributed by atoms with Gasteiger partial charge in [0, 0.05) is 17.0 Å². The number of alkyl halides is 1. The van der Waals surface area contributed by atoms with Crippen LogP contribution in [0.15, 0.2) is 36.4 Å². The van der Waals surface area contributed by atoms with E-state index in [1.54, 1.807) is 12.1 Å². The number of hydrogen-bond donors (Lipinski definition) is 1. The summed E-state index contributed by atoms with van der Waals surface area (Å²) in [5.74, 6) is 0.316. The average Bonchev–Trinajstić information content (AvgIpc) is 2.63. The number of fused-ring (bicyclic) bond motifs is 3. The SMILES string of the molecule is O=C1c2ccccc2-c2c(CCl)cc(O)cc21. The van der Waals surface area contributed by atoms with Gasteiger partial charge < -0.3 is 5.11 Å². The van der Waals surface area contributed by atoms with Crippen LogP contribution in [0.25, 0.3) is 11.1 Å². The highest BCUT2D eigenvalue weighted by Crippen LogP contribution is 2.41. The Bertz CT molecular complexity index is 632. The normalized spacial score (nSPS) is 12.4. The zero-order valence-electron chi connectivity index (χ0n) is 8.90. The molecule has 0 heterocycles. The standard InChI is InChI=1S/C14H9ClO2/c15-7-8-5-9(16)6-12-13(8)10-3-1-2-4-11(10)14(12)17/h1-6,16H,7H2. The molecule has 0 aromatic heterocycles. The third-order valence-electron chi connectivity index (χ3n) is 3.03. The van der Waals surface area contributed by atoms with Gasteiger partial charge in [0.2, 0.25) is 0 Å².